The van der Waals surface area contributed by atoms with Crippen LogP contribution < -0.4 is 26.0 Å². The number of carbonyl (C=O) groups is 2. The third-order valence-corrected chi connectivity index (χ3v) is 7.38. The van der Waals surface area contributed by atoms with E-state index in [-0.39, 0.29) is 11.3 Å². The second-order valence-electron chi connectivity index (χ2n) is 10.1. The fraction of sp³-hybridized carbons (Fsp3) is 0.308. The van der Waals surface area contributed by atoms with Gasteiger partial charge in [0.2, 0.25) is 11.9 Å². The molecule has 4 heterocycles. The third-order valence-electron chi connectivity index (χ3n) is 6.45. The van der Waals surface area contributed by atoms with Gasteiger partial charge in [-0.05, 0) is 49.3 Å². The first-order valence-corrected chi connectivity index (χ1v) is 12.9. The highest BCUT2D eigenvalue weighted by Crippen LogP contribution is 2.46. The number of hydrogen-bond acceptors (Lipinski definition) is 9. The predicted molar refractivity (Wildman–Crippen MR) is 150 cm³/mol. The van der Waals surface area contributed by atoms with Crippen molar-refractivity contribution in [1.82, 2.24) is 19.9 Å². The number of nitrogens with two attached hydrogens (primary N) is 1. The van der Waals surface area contributed by atoms with Gasteiger partial charge in [-0.1, -0.05) is 13.8 Å². The molecule has 1 aliphatic heterocycles. The van der Waals surface area contributed by atoms with E-state index in [0.717, 1.165) is 16.6 Å². The number of nitrogens with zero attached hydrogens (tertiary/aromatic N) is 4. The molecule has 0 atom stereocenters. The largest absolute Gasteiger partial charge is 0.495 e. The molecule has 0 saturated carbocycles. The van der Waals surface area contributed by atoms with Gasteiger partial charge in [0.05, 0.1) is 30.4 Å². The molecule has 4 aromatic rings. The van der Waals surface area contributed by atoms with Gasteiger partial charge in [0.25, 0.3) is 5.91 Å². The Kier molecular flexibility index (Phi) is 6.45. The van der Waals surface area contributed by atoms with Crippen LogP contribution in [0.4, 0.5) is 28.8 Å². The molecule has 0 radical (unpaired) electrons. The minimum Gasteiger partial charge on any atom is -0.495 e. The van der Waals surface area contributed by atoms with Crippen LogP contribution in [0.25, 0.3) is 11.0 Å². The number of aromatic nitrogens is 3. The standard InChI is InChI=1S/C26H30N8O3S/c1-26(2)13-34(20(35)12-33(3)4)18-11-17(19(37-5)10-15(18)26)30-25-31-23-14(6-8-28-23)24(32-25)29-16-7-9-38-21(16)22(27)36/h6-11H,12-13H2,1-5H3,(H2,27,36)(H3,28,29,30,31,32). The van der Waals surface area contributed by atoms with Crippen molar-refractivity contribution in [1.29, 1.82) is 0 Å². The molecule has 1 aliphatic rings. The van der Waals surface area contributed by atoms with Gasteiger partial charge in [-0.3, -0.25) is 9.59 Å². The fourth-order valence-electron chi connectivity index (χ4n) is 4.68. The maximum absolute atomic E-state index is 13.1. The summed E-state index contributed by atoms with van der Waals surface area (Å²) in [5, 5.41) is 9.03. The molecule has 3 aromatic heterocycles. The summed E-state index contributed by atoms with van der Waals surface area (Å²) < 4.78 is 5.72. The van der Waals surface area contributed by atoms with E-state index >= 15 is 0 Å². The van der Waals surface area contributed by atoms with E-state index in [4.69, 9.17) is 15.5 Å². The van der Waals surface area contributed by atoms with E-state index in [1.54, 1.807) is 24.8 Å². The molecule has 0 aliphatic carbocycles. The molecule has 0 unspecified atom stereocenters. The zero-order valence-electron chi connectivity index (χ0n) is 21.9. The first-order valence-electron chi connectivity index (χ1n) is 12.0. The average Bonchev–Trinajstić information content (AvgIpc) is 3.56. The molecule has 5 N–H and O–H groups in total. The van der Waals surface area contributed by atoms with E-state index in [1.165, 1.54) is 11.3 Å². The summed E-state index contributed by atoms with van der Waals surface area (Å²) in [6.45, 7) is 5.11. The van der Waals surface area contributed by atoms with Crippen molar-refractivity contribution in [2.75, 3.05) is 49.8 Å². The van der Waals surface area contributed by atoms with Crippen LogP contribution in [0.3, 0.4) is 0 Å². The lowest BCUT2D eigenvalue weighted by Crippen LogP contribution is -2.39. The van der Waals surface area contributed by atoms with Crippen LogP contribution in [0.5, 0.6) is 5.75 Å². The lowest BCUT2D eigenvalue weighted by molar-refractivity contribution is -0.119. The van der Waals surface area contributed by atoms with Crippen molar-refractivity contribution in [3.05, 3.63) is 46.3 Å². The zero-order valence-corrected chi connectivity index (χ0v) is 22.7. The number of thiophene rings is 1. The highest BCUT2D eigenvalue weighted by Gasteiger charge is 2.39. The molecule has 0 fully saturated rings. The zero-order chi connectivity index (χ0) is 27.2. The number of aromatic amines is 1. The van der Waals surface area contributed by atoms with E-state index in [1.807, 2.05) is 42.1 Å². The van der Waals surface area contributed by atoms with E-state index in [0.29, 0.717) is 52.5 Å². The molecule has 0 spiro atoms. The molecule has 0 bridgehead atoms. The topological polar surface area (TPSA) is 142 Å². The lowest BCUT2D eigenvalue weighted by atomic mass is 9.86. The maximum Gasteiger partial charge on any atom is 0.260 e. The second-order valence-corrected chi connectivity index (χ2v) is 11.0. The quantitative estimate of drug-likeness (QED) is 0.267. The minimum atomic E-state index is -0.514. The van der Waals surface area contributed by atoms with Crippen molar-refractivity contribution in [2.45, 2.75) is 19.3 Å². The van der Waals surface area contributed by atoms with Crippen molar-refractivity contribution in [2.24, 2.45) is 5.73 Å². The van der Waals surface area contributed by atoms with Crippen LogP contribution in [0.2, 0.25) is 0 Å². The molecule has 2 amide bonds. The van der Waals surface area contributed by atoms with Crippen LogP contribution in [-0.4, -0.2) is 66.0 Å². The number of likely N-dealkylation sites (N-methyl/N-ethyl adjacent to an activating group) is 1. The van der Waals surface area contributed by atoms with E-state index < -0.39 is 5.91 Å². The number of ether oxygens (including phenoxy) is 1. The van der Waals surface area contributed by atoms with Crippen LogP contribution in [0.15, 0.2) is 35.8 Å². The van der Waals surface area contributed by atoms with Crippen molar-refractivity contribution in [3.63, 3.8) is 0 Å². The Hall–Kier alpha value is -4.16. The van der Waals surface area contributed by atoms with Gasteiger partial charge in [-0.25, -0.2) is 0 Å². The summed E-state index contributed by atoms with van der Waals surface area (Å²) in [6.07, 6.45) is 1.77. The first-order chi connectivity index (χ1) is 18.1. The molecule has 0 saturated heterocycles. The number of amides is 2. The molecule has 38 heavy (non-hydrogen) atoms. The van der Waals surface area contributed by atoms with Gasteiger partial charge >= 0.3 is 0 Å². The fourth-order valence-corrected chi connectivity index (χ4v) is 5.39. The molecule has 12 heteroatoms. The van der Waals surface area contributed by atoms with Crippen LogP contribution >= 0.6 is 11.3 Å². The lowest BCUT2D eigenvalue weighted by Gasteiger charge is -2.22. The average molecular weight is 535 g/mol. The summed E-state index contributed by atoms with van der Waals surface area (Å²) in [5.41, 5.74) is 8.95. The summed E-state index contributed by atoms with van der Waals surface area (Å²) in [7, 11) is 5.36. The SMILES string of the molecule is COc1cc2c(cc1Nc1nc(Nc3ccsc3C(N)=O)c3cc[nH]c3n1)N(C(=O)CN(C)C)CC2(C)C. The Labute approximate surface area is 224 Å². The van der Waals surface area contributed by atoms with Crippen LogP contribution in [0.1, 0.15) is 29.1 Å². The number of nitrogens with one attached hydrogen (secondary N) is 3. The Bertz CT molecular complexity index is 1540. The van der Waals surface area contributed by atoms with Gasteiger partial charge in [-0.2, -0.15) is 9.97 Å². The summed E-state index contributed by atoms with van der Waals surface area (Å²) in [4.78, 5) is 41.4. The Morgan fingerprint density at radius 2 is 2.00 bits per heavy atom. The number of anilines is 5. The van der Waals surface area contributed by atoms with Gasteiger partial charge in [0.1, 0.15) is 22.1 Å². The van der Waals surface area contributed by atoms with Crippen LogP contribution in [-0.2, 0) is 10.2 Å². The molecule has 5 rings (SSSR count). The summed E-state index contributed by atoms with van der Waals surface area (Å²) >= 11 is 1.26. The molecule has 11 nitrogen and oxygen atoms in total. The van der Waals surface area contributed by atoms with Crippen molar-refractivity contribution in [3.8, 4) is 5.75 Å². The molecule has 1 aromatic carbocycles. The Balaban J connectivity index is 1.54. The van der Waals surface area contributed by atoms with Gasteiger partial charge < -0.3 is 35.9 Å². The number of H-pyrrole nitrogens is 1. The Morgan fingerprint density at radius 1 is 1.21 bits per heavy atom. The van der Waals surface area contributed by atoms with Crippen LogP contribution in [0, 0.1) is 0 Å². The molecule has 198 valence electrons. The van der Waals surface area contributed by atoms with E-state index in [2.05, 4.69) is 34.4 Å². The van der Waals surface area contributed by atoms with Crippen molar-refractivity contribution < 1.29 is 14.3 Å². The highest BCUT2D eigenvalue weighted by molar-refractivity contribution is 7.12. The number of methoxy groups -OCH3 is 1. The van der Waals surface area contributed by atoms with E-state index in [9.17, 15) is 9.59 Å². The smallest absolute Gasteiger partial charge is 0.260 e. The predicted octanol–water partition coefficient (Wildman–Crippen LogP) is 3.80. The van der Waals surface area contributed by atoms with Gasteiger partial charge in [0, 0.05) is 23.8 Å². The maximum atomic E-state index is 13.1. The minimum absolute atomic E-state index is 0.0227. The monoisotopic (exact) mass is 534 g/mol. The molecular formula is C26H30N8O3S. The number of hydrogen-bond donors (Lipinski definition) is 4. The number of primary amides is 1. The van der Waals surface area contributed by atoms with Crippen molar-refractivity contribution >= 4 is 63.0 Å². The number of benzene rings is 1. The first kappa shape index (κ1) is 25.5. The normalized spacial score (nSPS) is 14.1. The van der Waals surface area contributed by atoms with Gasteiger partial charge in [-0.15, -0.1) is 11.3 Å². The molecular weight excluding hydrogens is 504 g/mol. The number of carbonyl (C=O) groups excluding carboxylic acids is 2. The summed E-state index contributed by atoms with van der Waals surface area (Å²) in [5.74, 6) is 0.926. The highest BCUT2D eigenvalue weighted by atomic mass is 32.1. The Morgan fingerprint density at radius 3 is 2.71 bits per heavy atom. The van der Waals surface area contributed by atoms with Gasteiger partial charge in [0.15, 0.2) is 0 Å². The second kappa shape index (κ2) is 9.62. The third kappa shape index (κ3) is 4.63. The number of fused-ring (bicyclic) bond motifs is 2. The number of rotatable bonds is 8. The summed E-state index contributed by atoms with van der Waals surface area (Å²) in [6, 6.07) is 7.51.